The van der Waals surface area contributed by atoms with E-state index in [0.717, 1.165) is 17.5 Å². The third-order valence-electron chi connectivity index (χ3n) is 3.58. The maximum atomic E-state index is 11.8. The second-order valence-electron chi connectivity index (χ2n) is 5.13. The molecule has 0 unspecified atom stereocenters. The van der Waals surface area contributed by atoms with Gasteiger partial charge >= 0.3 is 5.69 Å². The Hall–Kier alpha value is -2.64. The molecule has 118 valence electrons. The van der Waals surface area contributed by atoms with Crippen LogP contribution in [0.5, 0.6) is 0 Å². The van der Waals surface area contributed by atoms with E-state index in [9.17, 15) is 14.4 Å². The van der Waals surface area contributed by atoms with Crippen LogP contribution in [0.15, 0.2) is 15.7 Å². The molecule has 3 N–H and O–H groups in total. The standard InChI is InChI=1S/C14H19N5O3/c1-8-9(2)18-19(10(8)3)6-4-5-15-13(21)11-7-12(20)17-14(22)16-11/h7H,4-6H2,1-3H3,(H,15,21)(H2,16,17,20,22). The van der Waals surface area contributed by atoms with Crippen LogP contribution in [0.2, 0.25) is 0 Å². The van der Waals surface area contributed by atoms with Gasteiger partial charge in [-0.2, -0.15) is 5.10 Å². The molecule has 8 nitrogen and oxygen atoms in total. The Morgan fingerprint density at radius 2 is 2.00 bits per heavy atom. The lowest BCUT2D eigenvalue weighted by Gasteiger charge is -2.06. The molecular formula is C14H19N5O3. The summed E-state index contributed by atoms with van der Waals surface area (Å²) in [5, 5.41) is 7.08. The Balaban J connectivity index is 1.88. The zero-order valence-corrected chi connectivity index (χ0v) is 12.8. The molecule has 0 aliphatic rings. The number of rotatable bonds is 5. The van der Waals surface area contributed by atoms with Gasteiger partial charge in [-0.3, -0.25) is 19.3 Å². The number of aromatic nitrogens is 4. The highest BCUT2D eigenvalue weighted by molar-refractivity contribution is 5.91. The number of hydrogen-bond donors (Lipinski definition) is 3. The minimum absolute atomic E-state index is 0.0456. The fourth-order valence-electron chi connectivity index (χ4n) is 2.12. The van der Waals surface area contributed by atoms with E-state index in [1.165, 1.54) is 5.56 Å². The van der Waals surface area contributed by atoms with Gasteiger partial charge in [-0.1, -0.05) is 0 Å². The van der Waals surface area contributed by atoms with Gasteiger partial charge in [0.15, 0.2) is 0 Å². The summed E-state index contributed by atoms with van der Waals surface area (Å²) in [5.41, 5.74) is 1.94. The summed E-state index contributed by atoms with van der Waals surface area (Å²) in [6, 6.07) is 1.06. The maximum absolute atomic E-state index is 11.8. The van der Waals surface area contributed by atoms with Crippen molar-refractivity contribution >= 4 is 5.91 Å². The molecule has 0 atom stereocenters. The Morgan fingerprint density at radius 1 is 1.27 bits per heavy atom. The Morgan fingerprint density at radius 3 is 2.59 bits per heavy atom. The van der Waals surface area contributed by atoms with Crippen molar-refractivity contribution in [3.8, 4) is 0 Å². The number of carbonyl (C=O) groups excluding carboxylic acids is 1. The first-order valence-electron chi connectivity index (χ1n) is 7.01. The minimum Gasteiger partial charge on any atom is -0.351 e. The molecule has 0 bridgehead atoms. The van der Waals surface area contributed by atoms with Gasteiger partial charge in [-0.15, -0.1) is 0 Å². The van der Waals surface area contributed by atoms with Crippen LogP contribution >= 0.6 is 0 Å². The molecule has 0 saturated heterocycles. The van der Waals surface area contributed by atoms with Crippen LogP contribution in [0.3, 0.4) is 0 Å². The number of aromatic amines is 2. The molecule has 0 spiro atoms. The number of aryl methyl sites for hydroxylation is 2. The molecule has 2 aromatic rings. The molecule has 2 rings (SSSR count). The fourth-order valence-corrected chi connectivity index (χ4v) is 2.12. The van der Waals surface area contributed by atoms with Crippen molar-refractivity contribution in [2.75, 3.05) is 6.54 Å². The highest BCUT2D eigenvalue weighted by atomic mass is 16.2. The van der Waals surface area contributed by atoms with Crippen molar-refractivity contribution in [1.82, 2.24) is 25.1 Å². The minimum atomic E-state index is -0.698. The molecule has 0 aromatic carbocycles. The van der Waals surface area contributed by atoms with Gasteiger partial charge in [0.1, 0.15) is 5.69 Å². The number of amides is 1. The van der Waals surface area contributed by atoms with Crippen molar-refractivity contribution in [2.45, 2.75) is 33.7 Å². The Kier molecular flexibility index (Phi) is 4.59. The molecule has 2 heterocycles. The van der Waals surface area contributed by atoms with E-state index in [-0.39, 0.29) is 5.69 Å². The van der Waals surface area contributed by atoms with Gasteiger partial charge in [-0.05, 0) is 32.8 Å². The van der Waals surface area contributed by atoms with Crippen molar-refractivity contribution in [1.29, 1.82) is 0 Å². The summed E-state index contributed by atoms with van der Waals surface area (Å²) < 4.78 is 1.91. The van der Waals surface area contributed by atoms with E-state index >= 15 is 0 Å². The van der Waals surface area contributed by atoms with Gasteiger partial charge in [0.2, 0.25) is 0 Å². The summed E-state index contributed by atoms with van der Waals surface area (Å²) in [4.78, 5) is 38.4. The smallest absolute Gasteiger partial charge is 0.326 e. The number of nitrogens with one attached hydrogen (secondary N) is 3. The zero-order valence-electron chi connectivity index (χ0n) is 12.8. The first kappa shape index (κ1) is 15.7. The van der Waals surface area contributed by atoms with Gasteiger partial charge in [-0.25, -0.2) is 4.79 Å². The second kappa shape index (κ2) is 6.42. The summed E-state index contributed by atoms with van der Waals surface area (Å²) >= 11 is 0. The van der Waals surface area contributed by atoms with Crippen molar-refractivity contribution < 1.29 is 4.79 Å². The predicted octanol–water partition coefficient (Wildman–Crippen LogP) is 0.00506. The van der Waals surface area contributed by atoms with Crippen LogP contribution in [0.1, 0.15) is 33.9 Å². The third kappa shape index (κ3) is 3.51. The summed E-state index contributed by atoms with van der Waals surface area (Å²) in [6.07, 6.45) is 0.695. The third-order valence-corrected chi connectivity index (χ3v) is 3.58. The molecular weight excluding hydrogens is 286 g/mol. The van der Waals surface area contributed by atoms with Gasteiger partial charge < -0.3 is 10.3 Å². The fraction of sp³-hybridized carbons (Fsp3) is 0.429. The van der Waals surface area contributed by atoms with E-state index < -0.39 is 17.2 Å². The quantitative estimate of drug-likeness (QED) is 0.675. The SMILES string of the molecule is Cc1nn(CCCNC(=O)c2cc(=O)[nH]c(=O)[nH]2)c(C)c1C. The van der Waals surface area contributed by atoms with Crippen LogP contribution in [0, 0.1) is 20.8 Å². The average molecular weight is 305 g/mol. The molecule has 0 aliphatic heterocycles. The van der Waals surface area contributed by atoms with Crippen LogP contribution in [-0.4, -0.2) is 32.2 Å². The molecule has 0 aliphatic carbocycles. The van der Waals surface area contributed by atoms with E-state index in [4.69, 9.17) is 0 Å². The number of hydrogen-bond acceptors (Lipinski definition) is 4. The number of nitrogens with zero attached hydrogens (tertiary/aromatic N) is 2. The molecule has 0 fully saturated rings. The van der Waals surface area contributed by atoms with E-state index in [2.05, 4.69) is 15.4 Å². The molecule has 0 saturated carbocycles. The van der Waals surface area contributed by atoms with Gasteiger partial charge in [0, 0.05) is 24.8 Å². The summed E-state index contributed by atoms with van der Waals surface area (Å²) in [7, 11) is 0. The van der Waals surface area contributed by atoms with Crippen molar-refractivity contribution in [3.63, 3.8) is 0 Å². The average Bonchev–Trinajstić information content (AvgIpc) is 2.69. The summed E-state index contributed by atoms with van der Waals surface area (Å²) in [6.45, 7) is 7.11. The first-order chi connectivity index (χ1) is 10.4. The van der Waals surface area contributed by atoms with E-state index in [1.54, 1.807) is 0 Å². The van der Waals surface area contributed by atoms with E-state index in [0.29, 0.717) is 19.5 Å². The van der Waals surface area contributed by atoms with Crippen molar-refractivity contribution in [2.24, 2.45) is 0 Å². The number of carbonyl (C=O) groups is 1. The van der Waals surface area contributed by atoms with Gasteiger partial charge in [0.25, 0.3) is 11.5 Å². The second-order valence-corrected chi connectivity index (χ2v) is 5.13. The van der Waals surface area contributed by atoms with Crippen LogP contribution in [0.4, 0.5) is 0 Å². The lowest BCUT2D eigenvalue weighted by molar-refractivity contribution is 0.0947. The highest BCUT2D eigenvalue weighted by Crippen LogP contribution is 2.10. The molecule has 22 heavy (non-hydrogen) atoms. The van der Waals surface area contributed by atoms with Crippen molar-refractivity contribution in [3.05, 3.63) is 49.5 Å². The topological polar surface area (TPSA) is 113 Å². The van der Waals surface area contributed by atoms with Crippen LogP contribution in [-0.2, 0) is 6.54 Å². The zero-order chi connectivity index (χ0) is 16.3. The normalized spacial score (nSPS) is 10.7. The molecule has 1 amide bonds. The van der Waals surface area contributed by atoms with E-state index in [1.807, 2.05) is 30.4 Å². The lowest BCUT2D eigenvalue weighted by atomic mass is 10.2. The highest BCUT2D eigenvalue weighted by Gasteiger charge is 2.09. The summed E-state index contributed by atoms with van der Waals surface area (Å²) in [5.74, 6) is -0.479. The Labute approximate surface area is 126 Å². The van der Waals surface area contributed by atoms with Crippen LogP contribution < -0.4 is 16.6 Å². The first-order valence-corrected chi connectivity index (χ1v) is 7.01. The largest absolute Gasteiger partial charge is 0.351 e. The molecule has 2 aromatic heterocycles. The number of H-pyrrole nitrogens is 2. The maximum Gasteiger partial charge on any atom is 0.326 e. The Bertz CT molecular complexity index is 771. The lowest BCUT2D eigenvalue weighted by Crippen LogP contribution is -2.31. The predicted molar refractivity (Wildman–Crippen MR) is 81.1 cm³/mol. The van der Waals surface area contributed by atoms with Crippen LogP contribution in [0.25, 0.3) is 0 Å². The van der Waals surface area contributed by atoms with Gasteiger partial charge in [0.05, 0.1) is 5.69 Å². The molecule has 8 heteroatoms. The monoisotopic (exact) mass is 305 g/mol. The molecule has 0 radical (unpaired) electrons.